The Kier molecular flexibility index (Phi) is 7.67. The molecule has 0 saturated carbocycles. The molecule has 196 valence electrons. The molecule has 2 aliphatic rings. The summed E-state index contributed by atoms with van der Waals surface area (Å²) in [4.78, 5) is 26.7. The van der Waals surface area contributed by atoms with Crippen LogP contribution in [0.2, 0.25) is 0 Å². The third-order valence-corrected chi connectivity index (χ3v) is 9.01. The minimum atomic E-state index is -4.25. The van der Waals surface area contributed by atoms with Gasteiger partial charge in [-0.05, 0) is 48.6 Å². The lowest BCUT2D eigenvalue weighted by molar-refractivity contribution is -0.140. The van der Waals surface area contributed by atoms with E-state index in [2.05, 4.69) is 4.72 Å². The number of nitrogens with zero attached hydrogens (tertiary/aromatic N) is 2. The number of fused-ring (bicyclic) bond motifs is 1. The fraction of sp³-hybridized carbons (Fsp3) is 0.520. The molecular weight excluding hydrogens is 486 g/mol. The third-order valence-electron chi connectivity index (χ3n) is 7.55. The Balaban J connectivity index is 1.90. The first kappa shape index (κ1) is 26.5. The number of aliphatic hydroxyl groups excluding tert-OH is 1. The summed E-state index contributed by atoms with van der Waals surface area (Å²) in [5.41, 5.74) is -3.16. The SMILES string of the molecule is COCC1(C2(NS(=O)(=O)c3ccc4ccccc4c3)C(O)CCN2CCC=O)CCCCN1C(=O)O. The molecule has 0 aliphatic carbocycles. The number of carbonyl (C=O) groups is 2. The standard InChI is InChI=1S/C25H33N3O7S/c1-35-18-24(12-4-5-14-28(24)23(31)32)25(22(30)11-15-27(25)13-6-16-29)26-36(33,34)21-10-9-19-7-2-3-8-20(19)17-21/h2-3,7-10,16-17,22,26,30H,4-6,11-15,18H2,1H3,(H,31,32). The zero-order valence-corrected chi connectivity index (χ0v) is 21.1. The number of piperidine rings is 1. The second kappa shape index (κ2) is 10.4. The van der Waals surface area contributed by atoms with E-state index in [4.69, 9.17) is 4.74 Å². The highest BCUT2D eigenvalue weighted by molar-refractivity contribution is 7.89. The van der Waals surface area contributed by atoms with Gasteiger partial charge in [-0.25, -0.2) is 13.2 Å². The molecule has 2 aromatic rings. The summed E-state index contributed by atoms with van der Waals surface area (Å²) in [6.07, 6.45) is 0.0883. The molecule has 2 saturated heterocycles. The lowest BCUT2D eigenvalue weighted by atomic mass is 9.73. The summed E-state index contributed by atoms with van der Waals surface area (Å²) in [6.45, 7) is 0.481. The molecule has 11 heteroatoms. The summed E-state index contributed by atoms with van der Waals surface area (Å²) in [5, 5.41) is 23.3. The van der Waals surface area contributed by atoms with E-state index >= 15 is 0 Å². The summed E-state index contributed by atoms with van der Waals surface area (Å²) < 4.78 is 36.2. The van der Waals surface area contributed by atoms with Gasteiger partial charge in [0.05, 0.1) is 17.6 Å². The molecule has 0 aromatic heterocycles. The van der Waals surface area contributed by atoms with Crippen LogP contribution in [0.3, 0.4) is 0 Å². The molecule has 0 spiro atoms. The largest absolute Gasteiger partial charge is 0.465 e. The molecule has 2 heterocycles. The molecule has 1 amide bonds. The summed E-state index contributed by atoms with van der Waals surface area (Å²) >= 11 is 0. The quantitative estimate of drug-likeness (QED) is 0.428. The average Bonchev–Trinajstić information content (AvgIpc) is 3.18. The van der Waals surface area contributed by atoms with Crippen molar-refractivity contribution in [3.05, 3.63) is 42.5 Å². The van der Waals surface area contributed by atoms with Crippen LogP contribution < -0.4 is 4.72 Å². The Hall–Kier alpha value is -2.57. The van der Waals surface area contributed by atoms with Gasteiger partial charge in [0.1, 0.15) is 17.5 Å². The van der Waals surface area contributed by atoms with E-state index in [1.807, 2.05) is 24.3 Å². The number of carbonyl (C=O) groups excluding carboxylic acids is 1. The van der Waals surface area contributed by atoms with E-state index in [-0.39, 0.29) is 50.4 Å². The summed E-state index contributed by atoms with van der Waals surface area (Å²) in [6, 6.07) is 12.1. The summed E-state index contributed by atoms with van der Waals surface area (Å²) in [7, 11) is -2.82. The Labute approximate surface area is 210 Å². The lowest BCUT2D eigenvalue weighted by Gasteiger charge is -2.59. The van der Waals surface area contributed by atoms with Crippen molar-refractivity contribution < 1.29 is 33.0 Å². The van der Waals surface area contributed by atoms with Crippen molar-refractivity contribution in [2.75, 3.05) is 33.4 Å². The number of likely N-dealkylation sites (tertiary alicyclic amines) is 2. The molecule has 36 heavy (non-hydrogen) atoms. The average molecular weight is 520 g/mol. The van der Waals surface area contributed by atoms with Gasteiger partial charge in [-0.15, -0.1) is 0 Å². The monoisotopic (exact) mass is 519 g/mol. The Morgan fingerprint density at radius 3 is 2.64 bits per heavy atom. The van der Waals surface area contributed by atoms with Gasteiger partial charge in [0.25, 0.3) is 0 Å². The van der Waals surface area contributed by atoms with Gasteiger partial charge in [0.2, 0.25) is 10.0 Å². The van der Waals surface area contributed by atoms with Crippen LogP contribution in [0, 0.1) is 0 Å². The van der Waals surface area contributed by atoms with Crippen molar-refractivity contribution in [2.45, 2.75) is 54.3 Å². The van der Waals surface area contributed by atoms with Gasteiger partial charge in [-0.2, -0.15) is 4.72 Å². The fourth-order valence-electron chi connectivity index (χ4n) is 6.01. The number of hydrogen-bond donors (Lipinski definition) is 3. The highest BCUT2D eigenvalue weighted by Gasteiger charge is 2.67. The van der Waals surface area contributed by atoms with Crippen molar-refractivity contribution in [1.82, 2.24) is 14.5 Å². The number of nitrogens with one attached hydrogen (secondary N) is 1. The smallest absolute Gasteiger partial charge is 0.407 e. The van der Waals surface area contributed by atoms with Crippen molar-refractivity contribution >= 4 is 33.2 Å². The van der Waals surface area contributed by atoms with E-state index in [1.165, 1.54) is 18.1 Å². The van der Waals surface area contributed by atoms with E-state index in [0.717, 1.165) is 17.1 Å². The van der Waals surface area contributed by atoms with Gasteiger partial charge < -0.3 is 19.7 Å². The van der Waals surface area contributed by atoms with Crippen molar-refractivity contribution in [2.24, 2.45) is 0 Å². The van der Waals surface area contributed by atoms with Crippen LogP contribution in [0.15, 0.2) is 47.4 Å². The molecule has 3 N–H and O–H groups in total. The van der Waals surface area contributed by atoms with Crippen LogP contribution in [-0.4, -0.2) is 91.5 Å². The normalized spacial score (nSPS) is 27.4. The number of carboxylic acid groups (broad SMARTS) is 1. The van der Waals surface area contributed by atoms with E-state index in [1.54, 1.807) is 17.0 Å². The van der Waals surface area contributed by atoms with Crippen LogP contribution >= 0.6 is 0 Å². The lowest BCUT2D eigenvalue weighted by Crippen LogP contribution is -2.82. The number of benzene rings is 2. The maximum atomic E-state index is 13.9. The van der Waals surface area contributed by atoms with Crippen molar-refractivity contribution in [3.63, 3.8) is 0 Å². The molecule has 0 bridgehead atoms. The number of aliphatic hydroxyl groups is 1. The van der Waals surface area contributed by atoms with Crippen LogP contribution in [0.4, 0.5) is 4.79 Å². The molecule has 3 unspecified atom stereocenters. The second-order valence-corrected chi connectivity index (χ2v) is 11.2. The van der Waals surface area contributed by atoms with Crippen LogP contribution in [0.1, 0.15) is 32.1 Å². The zero-order chi connectivity index (χ0) is 26.0. The maximum absolute atomic E-state index is 13.9. The van der Waals surface area contributed by atoms with Crippen molar-refractivity contribution in [1.29, 1.82) is 0 Å². The van der Waals surface area contributed by atoms with Gasteiger partial charge >= 0.3 is 6.09 Å². The van der Waals surface area contributed by atoms with Crippen LogP contribution in [0.25, 0.3) is 10.8 Å². The van der Waals surface area contributed by atoms with Gasteiger partial charge in [0.15, 0.2) is 0 Å². The number of hydrogen-bond acceptors (Lipinski definition) is 7. The van der Waals surface area contributed by atoms with Gasteiger partial charge in [-0.1, -0.05) is 30.3 Å². The molecule has 2 fully saturated rings. The molecule has 0 radical (unpaired) electrons. The molecule has 10 nitrogen and oxygen atoms in total. The first-order chi connectivity index (χ1) is 17.2. The van der Waals surface area contributed by atoms with Crippen molar-refractivity contribution in [3.8, 4) is 0 Å². The third kappa shape index (κ3) is 4.39. The number of ether oxygens (including phenoxy) is 1. The molecule has 2 aliphatic heterocycles. The Morgan fingerprint density at radius 1 is 1.19 bits per heavy atom. The molecular formula is C25H33N3O7S. The minimum absolute atomic E-state index is 0.000244. The number of sulfonamides is 1. The topological polar surface area (TPSA) is 136 Å². The number of aldehydes is 1. The predicted molar refractivity (Wildman–Crippen MR) is 133 cm³/mol. The summed E-state index contributed by atoms with van der Waals surface area (Å²) in [5.74, 6) is 0. The second-order valence-electron chi connectivity index (χ2n) is 9.48. The number of amides is 1. The Bertz CT molecular complexity index is 1220. The molecule has 2 aromatic carbocycles. The number of rotatable bonds is 9. The first-order valence-electron chi connectivity index (χ1n) is 12.1. The van der Waals surface area contributed by atoms with Gasteiger partial charge in [0, 0.05) is 33.2 Å². The van der Waals surface area contributed by atoms with E-state index in [0.29, 0.717) is 12.8 Å². The Morgan fingerprint density at radius 2 is 1.94 bits per heavy atom. The maximum Gasteiger partial charge on any atom is 0.407 e. The van der Waals surface area contributed by atoms with Crippen LogP contribution in [-0.2, 0) is 19.6 Å². The minimum Gasteiger partial charge on any atom is -0.465 e. The fourth-order valence-corrected chi connectivity index (χ4v) is 7.52. The predicted octanol–water partition coefficient (Wildman–Crippen LogP) is 2.02. The van der Waals surface area contributed by atoms with E-state index < -0.39 is 33.4 Å². The first-order valence-corrected chi connectivity index (χ1v) is 13.6. The highest BCUT2D eigenvalue weighted by atomic mass is 32.2. The number of methoxy groups -OCH3 is 1. The highest BCUT2D eigenvalue weighted by Crippen LogP contribution is 2.46. The van der Waals surface area contributed by atoms with Gasteiger partial charge in [-0.3, -0.25) is 9.80 Å². The molecule has 3 atom stereocenters. The van der Waals surface area contributed by atoms with Crippen LogP contribution in [0.5, 0.6) is 0 Å². The molecule has 4 rings (SSSR count). The zero-order valence-electron chi connectivity index (χ0n) is 20.3. The van der Waals surface area contributed by atoms with E-state index in [9.17, 15) is 28.2 Å².